The van der Waals surface area contributed by atoms with Gasteiger partial charge in [0.25, 0.3) is 59.1 Å². The highest BCUT2D eigenvalue weighted by molar-refractivity contribution is 7.18. The second-order valence-corrected chi connectivity index (χ2v) is 46.5. The molecule has 8 amide bonds. The van der Waals surface area contributed by atoms with E-state index in [1.165, 1.54) is 41.9 Å². The van der Waals surface area contributed by atoms with E-state index in [0.717, 1.165) is 148 Å². The number of ether oxygens (including phenoxy) is 1. The van der Waals surface area contributed by atoms with Gasteiger partial charge < -0.3 is 87.3 Å². The number of rotatable bonds is 27. The zero-order chi connectivity index (χ0) is 103. The predicted molar refractivity (Wildman–Crippen MR) is 540 cm³/mol. The van der Waals surface area contributed by atoms with Gasteiger partial charge in [-0.15, -0.1) is 45.3 Å². The number of fused-ring (bicyclic) bond motifs is 2. The van der Waals surface area contributed by atoms with Crippen LogP contribution in [0.5, 0.6) is 0 Å². The van der Waals surface area contributed by atoms with Gasteiger partial charge >= 0.3 is 0 Å². The predicted octanol–water partition coefficient (Wildman–Crippen LogP) is 15.4. The molecule has 10 fully saturated rings. The minimum Gasteiger partial charge on any atom is -0.393 e. The molecule has 18 rings (SSSR count). The molecule has 768 valence electrons. The zero-order valence-electron chi connectivity index (χ0n) is 83.9. The number of aryl methyl sites for hydroxylation is 4. The number of aliphatic hydroxyl groups is 4. The number of carbonyl (C=O) groups is 8. The Kier molecular flexibility index (Phi) is 31.6. The van der Waals surface area contributed by atoms with Crippen LogP contribution in [0.2, 0.25) is 0 Å². The molecule has 8 atom stereocenters. The smallest absolute Gasteiger partial charge is 0.280 e. The molecule has 12 N–H and O–H groups in total. The minimum atomic E-state index is -2.98. The zero-order valence-corrected chi connectivity index (χ0v) is 87.2. The van der Waals surface area contributed by atoms with Gasteiger partial charge in [-0.3, -0.25) is 38.4 Å². The monoisotopic (exact) mass is 2040 g/mol. The normalized spacial score (nSPS) is 23.3. The molecule has 142 heavy (non-hydrogen) atoms. The lowest BCUT2D eigenvalue weighted by atomic mass is 9.78. The molecule has 0 radical (unpaired) electrons. The first-order valence-corrected chi connectivity index (χ1v) is 52.7. The SMILES string of the molecule is Cc1cc(NC(C)C)ncc1-c1sc(C(=O)NC2CC(O)C2)nc1C(=O)N1CCC[C@@H]1C.Cc1cc(NC2(C)CCC2)ncc1-c1sc(C(=O)N[C@@H](C)C(C)(C)O)nc1C(=O)N1C2CCC1CC2.Cc1cc(NC2(C)CCC2)ncc1-c1sc(C(=O)N[C@@H]2COC[C@@H]2O)nc1C(=O)N1CC(F)(F)C[C@@H]1C.Cc1cc(N[C@@H](C)C2CC2)ncc1-c1sc(C(=O)N[C@H](C)C(C)(C)O)nc1C(=O)N1CC(F)(F)C[C@@H]1C. The summed E-state index contributed by atoms with van der Waals surface area (Å²) >= 11 is 4.46. The van der Waals surface area contributed by atoms with Crippen LogP contribution < -0.4 is 42.5 Å². The molecule has 4 aliphatic carbocycles. The Labute approximate surface area is 841 Å². The lowest BCUT2D eigenvalue weighted by Crippen LogP contribution is -2.47. The Bertz CT molecular complexity index is 6020. The molecular formula is C101H134F4N20O13S4. The third-order valence-electron chi connectivity index (χ3n) is 29.1. The van der Waals surface area contributed by atoms with Crippen LogP contribution in [0.3, 0.4) is 0 Å². The number of hydrogen-bond donors (Lipinski definition) is 12. The maximum absolute atomic E-state index is 14.1. The first-order valence-electron chi connectivity index (χ1n) is 49.4. The van der Waals surface area contributed by atoms with Crippen molar-refractivity contribution in [3.05, 3.63) is 114 Å². The molecule has 14 heterocycles. The van der Waals surface area contributed by atoms with E-state index < -0.39 is 109 Å². The summed E-state index contributed by atoms with van der Waals surface area (Å²) in [6, 6.07) is 5.91. The Morgan fingerprint density at radius 2 is 0.838 bits per heavy atom. The van der Waals surface area contributed by atoms with Crippen LogP contribution in [0, 0.1) is 33.6 Å². The fourth-order valence-corrected chi connectivity index (χ4v) is 23.4. The van der Waals surface area contributed by atoms with Crippen molar-refractivity contribution in [1.29, 1.82) is 0 Å². The molecule has 6 saturated heterocycles. The molecule has 0 spiro atoms. The van der Waals surface area contributed by atoms with Crippen molar-refractivity contribution in [3.8, 4) is 41.8 Å². The molecular weight excluding hydrogens is 1910 g/mol. The van der Waals surface area contributed by atoms with Crippen molar-refractivity contribution < 1.29 is 81.1 Å². The molecule has 8 aromatic heterocycles. The van der Waals surface area contributed by atoms with E-state index in [2.05, 4.69) is 103 Å². The van der Waals surface area contributed by atoms with Crippen LogP contribution in [0.4, 0.5) is 40.8 Å². The summed E-state index contributed by atoms with van der Waals surface area (Å²) < 4.78 is 61.6. The van der Waals surface area contributed by atoms with Crippen molar-refractivity contribution in [2.75, 3.05) is 54.1 Å². The molecule has 0 aromatic carbocycles. The summed E-state index contributed by atoms with van der Waals surface area (Å²) in [5.41, 5.74) is 4.79. The van der Waals surface area contributed by atoms with Gasteiger partial charge in [-0.25, -0.2) is 57.4 Å². The van der Waals surface area contributed by atoms with Gasteiger partial charge in [0, 0.05) is 126 Å². The fraction of sp³-hybridized carbons (Fsp3) is 0.604. The number of halogens is 4. The molecule has 41 heteroatoms. The summed E-state index contributed by atoms with van der Waals surface area (Å²) in [5, 5.41) is 65.3. The maximum Gasteiger partial charge on any atom is 0.280 e. The lowest BCUT2D eigenvalue weighted by Gasteiger charge is -2.39. The van der Waals surface area contributed by atoms with E-state index in [4.69, 9.17) is 4.74 Å². The van der Waals surface area contributed by atoms with E-state index in [0.29, 0.717) is 85.0 Å². The number of aliphatic hydroxyl groups excluding tert-OH is 2. The van der Waals surface area contributed by atoms with Gasteiger partial charge in [-0.2, -0.15) is 0 Å². The van der Waals surface area contributed by atoms with Crippen molar-refractivity contribution in [3.63, 3.8) is 0 Å². The fourth-order valence-electron chi connectivity index (χ4n) is 19.3. The van der Waals surface area contributed by atoms with Crippen LogP contribution in [0.1, 0.15) is 316 Å². The highest BCUT2D eigenvalue weighted by Crippen LogP contribution is 2.47. The number of nitrogens with zero attached hydrogens (tertiary/aromatic N) is 12. The first-order chi connectivity index (χ1) is 66.8. The second kappa shape index (κ2) is 42.3. The number of anilines is 4. The third-order valence-corrected chi connectivity index (χ3v) is 33.5. The van der Waals surface area contributed by atoms with E-state index in [9.17, 15) is 76.3 Å². The van der Waals surface area contributed by atoms with Gasteiger partial charge in [0.2, 0.25) is 0 Å². The molecule has 33 nitrogen and oxygen atoms in total. The first kappa shape index (κ1) is 106. The summed E-state index contributed by atoms with van der Waals surface area (Å²) in [7, 11) is 0. The summed E-state index contributed by atoms with van der Waals surface area (Å²) in [6.07, 6.45) is 21.1. The van der Waals surface area contributed by atoms with E-state index in [-0.39, 0.29) is 116 Å². The highest BCUT2D eigenvalue weighted by Gasteiger charge is 2.50. The Morgan fingerprint density at radius 3 is 1.16 bits per heavy atom. The van der Waals surface area contributed by atoms with Crippen molar-refractivity contribution >= 4 is 116 Å². The molecule has 10 aliphatic rings. The van der Waals surface area contributed by atoms with Gasteiger partial charge in [0.1, 0.15) is 46.0 Å². The van der Waals surface area contributed by atoms with Gasteiger partial charge in [-0.1, -0.05) is 0 Å². The summed E-state index contributed by atoms with van der Waals surface area (Å²) in [4.78, 5) is 150. The van der Waals surface area contributed by atoms with Crippen molar-refractivity contribution in [2.45, 2.75) is 353 Å². The Balaban J connectivity index is 0.000000143. The number of nitrogens with one attached hydrogen (secondary N) is 8. The topological polar surface area (TPSA) is 439 Å². The molecule has 6 aliphatic heterocycles. The van der Waals surface area contributed by atoms with E-state index in [1.54, 1.807) is 80.2 Å². The molecule has 2 bridgehead atoms. The Morgan fingerprint density at radius 1 is 0.472 bits per heavy atom. The van der Waals surface area contributed by atoms with Crippen LogP contribution in [-0.4, -0.2) is 273 Å². The molecule has 0 unspecified atom stereocenters. The van der Waals surface area contributed by atoms with E-state index in [1.807, 2.05) is 82.5 Å². The number of alkyl halides is 4. The van der Waals surface area contributed by atoms with Crippen LogP contribution in [0.25, 0.3) is 41.8 Å². The average molecular weight is 2040 g/mol. The van der Waals surface area contributed by atoms with Gasteiger partial charge in [-0.05, 0) is 280 Å². The number of amides is 8. The number of carbonyl (C=O) groups excluding carboxylic acids is 8. The number of thiazole rings is 4. The van der Waals surface area contributed by atoms with E-state index >= 15 is 0 Å². The largest absolute Gasteiger partial charge is 0.393 e. The highest BCUT2D eigenvalue weighted by atomic mass is 32.1. The van der Waals surface area contributed by atoms with Crippen molar-refractivity contribution in [1.82, 2.24) is 80.7 Å². The number of pyridine rings is 4. The lowest BCUT2D eigenvalue weighted by molar-refractivity contribution is 0.0115. The maximum atomic E-state index is 14.1. The standard InChI is InChI=1S/C27H37N5O3S.C26H35F2N5O3S.C25H31F2N5O4S.C23H31N5O3S/c1-15-13-20(31-27(5)11-6-12-27)28-14-19(15)22-21(25(34)32-17-7-8-18(32)10-9-17)30-24(36-22)23(33)29-16(2)26(3,4)35;1-13-9-19(30-15(3)17-7-8-17)29-11-18(13)21-20(24(35)33-12-26(27,28)10-14(33)2)32-23(37-21)22(34)31-16(4)25(5,6)36;1-13-7-18(31-24(3)5-4-6-24)28-9-15(13)20-19(23(35)32-12-25(26,27)8-14(32)2)30-22(37-20)21(34)29-16-10-36-11-17(16)33;1-12(2)25-18-8-13(3)17(11-24-18)20-19(23(31)28-7-5-6-14(28)4)27-22(32-20)21(30)26-15-9-16(29)10-15/h13-14,16-18,35H,6-12H2,1-5H3,(H,28,31)(H,29,33);9,11,14-17,36H,7-8,10,12H2,1-6H3,(H,29,30)(H,31,34);7,9,14,16-17,33H,4-6,8,10-12H2,1-3H3,(H,28,31)(H,29,34);8,11-12,14-16,29H,5-7,9-10H2,1-4H3,(H,24,25)(H,26,30)/t16-,17?,18?;14-,15-,16+;14-,16+,17-;14-,15?,16?/m0000/s1. The minimum absolute atomic E-state index is 0.000333. The van der Waals surface area contributed by atoms with Crippen LogP contribution in [-0.2, 0) is 4.74 Å². The second-order valence-electron chi connectivity index (χ2n) is 42.5. The Hall–Kier alpha value is -10.4. The van der Waals surface area contributed by atoms with Crippen LogP contribution >= 0.6 is 45.3 Å². The molecule has 8 aromatic rings. The van der Waals surface area contributed by atoms with Crippen LogP contribution in [0.15, 0.2) is 49.1 Å². The number of aromatic nitrogens is 8. The number of likely N-dealkylation sites (tertiary alicyclic amines) is 3. The quantitative estimate of drug-likeness (QED) is 0.0213. The third kappa shape index (κ3) is 24.4. The molecule has 4 saturated carbocycles. The average Bonchev–Trinajstić information content (AvgIpc) is 1.75. The van der Waals surface area contributed by atoms with Crippen molar-refractivity contribution in [2.24, 2.45) is 5.92 Å². The van der Waals surface area contributed by atoms with Gasteiger partial charge in [0.15, 0.2) is 20.0 Å². The summed E-state index contributed by atoms with van der Waals surface area (Å²) in [5.74, 6) is -5.63. The van der Waals surface area contributed by atoms with Gasteiger partial charge in [0.05, 0.1) is 87.3 Å². The summed E-state index contributed by atoms with van der Waals surface area (Å²) in [6.45, 7) is 33.0. The number of hydrogen-bond acceptors (Lipinski definition) is 29.